The Morgan fingerprint density at radius 3 is 2.33 bits per heavy atom. The number of amides is 2. The van der Waals surface area contributed by atoms with Gasteiger partial charge in [-0.3, -0.25) is 4.79 Å². The third kappa shape index (κ3) is 6.52. The van der Waals surface area contributed by atoms with Gasteiger partial charge in [0.15, 0.2) is 0 Å². The molecule has 1 aliphatic carbocycles. The van der Waals surface area contributed by atoms with Gasteiger partial charge in [-0.25, -0.2) is 4.79 Å². The summed E-state index contributed by atoms with van der Waals surface area (Å²) in [4.78, 5) is 33.2. The number of hydrogen-bond donors (Lipinski definition) is 1. The highest BCUT2D eigenvalue weighted by molar-refractivity contribution is 6.30. The number of piperazine rings is 1. The average Bonchev–Trinajstić information content (AvgIpc) is 3.61. The number of nitrogens with one attached hydrogen (secondary N) is 1. The fraction of sp³-hybridized carbons (Fsp3) is 0.484. The molecule has 2 aromatic carbocycles. The number of nitrogens with zero attached hydrogens (tertiary/aromatic N) is 3. The van der Waals surface area contributed by atoms with Crippen LogP contribution in [0.15, 0.2) is 54.7 Å². The van der Waals surface area contributed by atoms with Crippen molar-refractivity contribution in [1.29, 1.82) is 0 Å². The van der Waals surface area contributed by atoms with Gasteiger partial charge in [-0.2, -0.15) is 0 Å². The number of anilines is 2. The molecule has 1 N–H and O–H groups in total. The molecule has 8 heteroatoms. The van der Waals surface area contributed by atoms with Gasteiger partial charge in [0.2, 0.25) is 0 Å². The highest BCUT2D eigenvalue weighted by Crippen LogP contribution is 2.38. The van der Waals surface area contributed by atoms with Crippen LogP contribution in [-0.4, -0.2) is 60.1 Å². The SMILES string of the molecule is C=C(Nc1ccc(C(=O)N2CCN(C(=O)OC(C)(C)C)CC2c2ccc(Cl)cc2)c(N2CCCC2)c1)C1CC1. The first-order valence-electron chi connectivity index (χ1n) is 14.0. The summed E-state index contributed by atoms with van der Waals surface area (Å²) in [5, 5.41) is 4.10. The topological polar surface area (TPSA) is 65.1 Å². The predicted octanol–water partition coefficient (Wildman–Crippen LogP) is 6.71. The van der Waals surface area contributed by atoms with Crippen LogP contribution in [-0.2, 0) is 4.74 Å². The summed E-state index contributed by atoms with van der Waals surface area (Å²) in [6.07, 6.45) is 4.23. The highest BCUT2D eigenvalue weighted by atomic mass is 35.5. The molecule has 5 rings (SSSR count). The van der Waals surface area contributed by atoms with E-state index in [1.54, 1.807) is 4.90 Å². The number of rotatable bonds is 6. The number of hydrogen-bond acceptors (Lipinski definition) is 5. The first-order chi connectivity index (χ1) is 18.6. The third-order valence-electron chi connectivity index (χ3n) is 7.60. The second-order valence-electron chi connectivity index (χ2n) is 11.8. The first-order valence-corrected chi connectivity index (χ1v) is 14.4. The van der Waals surface area contributed by atoms with Gasteiger partial charge in [0.1, 0.15) is 5.60 Å². The lowest BCUT2D eigenvalue weighted by Gasteiger charge is -2.42. The molecule has 2 amide bonds. The standard InChI is InChI=1S/C31H39ClN4O3/c1-21(22-7-8-22)33-25-13-14-26(27(19-25)34-15-5-6-16-34)29(37)36-18-17-35(30(38)39-31(2,3)4)20-28(36)23-9-11-24(32)12-10-23/h9-14,19,22,28,33H,1,5-8,15-18,20H2,2-4H3. The van der Waals surface area contributed by atoms with E-state index in [0.717, 1.165) is 48.6 Å². The van der Waals surface area contributed by atoms with Crippen LogP contribution < -0.4 is 10.2 Å². The quantitative estimate of drug-likeness (QED) is 0.433. The van der Waals surface area contributed by atoms with Gasteiger partial charge < -0.3 is 24.8 Å². The van der Waals surface area contributed by atoms with Gasteiger partial charge in [-0.1, -0.05) is 30.3 Å². The maximum atomic E-state index is 14.3. The number of allylic oxidation sites excluding steroid dienone is 1. The van der Waals surface area contributed by atoms with Gasteiger partial charge in [0, 0.05) is 49.1 Å². The van der Waals surface area contributed by atoms with Crippen LogP contribution >= 0.6 is 11.6 Å². The normalized spacial score (nSPS) is 19.7. The Labute approximate surface area is 236 Å². The van der Waals surface area contributed by atoms with E-state index in [2.05, 4.69) is 22.9 Å². The number of ether oxygens (including phenoxy) is 1. The summed E-state index contributed by atoms with van der Waals surface area (Å²) < 4.78 is 5.66. The highest BCUT2D eigenvalue weighted by Gasteiger charge is 2.37. The molecule has 3 aliphatic rings. The Balaban J connectivity index is 1.44. The summed E-state index contributed by atoms with van der Waals surface area (Å²) in [5.74, 6) is 0.510. The largest absolute Gasteiger partial charge is 0.444 e. The molecule has 0 spiro atoms. The summed E-state index contributed by atoms with van der Waals surface area (Å²) in [6.45, 7) is 12.8. The maximum Gasteiger partial charge on any atom is 0.410 e. The average molecular weight is 551 g/mol. The van der Waals surface area contributed by atoms with Gasteiger partial charge in [0.25, 0.3) is 5.91 Å². The number of benzene rings is 2. The van der Waals surface area contributed by atoms with Crippen LogP contribution in [0.25, 0.3) is 0 Å². The molecule has 208 valence electrons. The molecule has 0 bridgehead atoms. The predicted molar refractivity (Wildman–Crippen MR) is 156 cm³/mol. The lowest BCUT2D eigenvalue weighted by Crippen LogP contribution is -2.53. The van der Waals surface area contributed by atoms with Crippen molar-refractivity contribution >= 4 is 35.0 Å². The molecule has 1 saturated carbocycles. The molecule has 2 aliphatic heterocycles. The van der Waals surface area contributed by atoms with E-state index in [1.807, 2.05) is 62.1 Å². The van der Waals surface area contributed by atoms with E-state index in [9.17, 15) is 9.59 Å². The Hall–Kier alpha value is -3.19. The van der Waals surface area contributed by atoms with E-state index in [-0.39, 0.29) is 18.0 Å². The maximum absolute atomic E-state index is 14.3. The van der Waals surface area contributed by atoms with Crippen molar-refractivity contribution in [2.75, 3.05) is 42.9 Å². The first kappa shape index (κ1) is 27.4. The molecular weight excluding hydrogens is 512 g/mol. The van der Waals surface area contributed by atoms with Crippen LogP contribution in [0.4, 0.5) is 16.2 Å². The molecule has 2 saturated heterocycles. The smallest absolute Gasteiger partial charge is 0.410 e. The summed E-state index contributed by atoms with van der Waals surface area (Å²) in [5.41, 5.74) is 3.99. The third-order valence-corrected chi connectivity index (χ3v) is 7.85. The van der Waals surface area contributed by atoms with Crippen molar-refractivity contribution in [2.24, 2.45) is 5.92 Å². The van der Waals surface area contributed by atoms with Crippen molar-refractivity contribution in [3.63, 3.8) is 0 Å². The molecule has 1 unspecified atom stereocenters. The molecule has 2 aromatic rings. The number of halogens is 1. The monoisotopic (exact) mass is 550 g/mol. The van der Waals surface area contributed by atoms with E-state index < -0.39 is 5.60 Å². The summed E-state index contributed by atoms with van der Waals surface area (Å²) in [6, 6.07) is 13.2. The second kappa shape index (κ2) is 11.1. The van der Waals surface area contributed by atoms with E-state index in [1.165, 1.54) is 12.8 Å². The number of carbonyl (C=O) groups excluding carboxylic acids is 2. The second-order valence-corrected chi connectivity index (χ2v) is 12.3. The molecule has 7 nitrogen and oxygen atoms in total. The fourth-order valence-corrected chi connectivity index (χ4v) is 5.50. The zero-order chi connectivity index (χ0) is 27.7. The molecule has 0 radical (unpaired) electrons. The minimum Gasteiger partial charge on any atom is -0.444 e. The Morgan fingerprint density at radius 1 is 1.00 bits per heavy atom. The van der Waals surface area contributed by atoms with Crippen molar-refractivity contribution in [3.05, 3.63) is 70.9 Å². The lowest BCUT2D eigenvalue weighted by atomic mass is 10.00. The molecular formula is C31H39ClN4O3. The molecule has 39 heavy (non-hydrogen) atoms. The summed E-state index contributed by atoms with van der Waals surface area (Å²) >= 11 is 6.18. The van der Waals surface area contributed by atoms with Gasteiger partial charge in [-0.15, -0.1) is 0 Å². The van der Waals surface area contributed by atoms with E-state index in [0.29, 0.717) is 36.1 Å². The zero-order valence-electron chi connectivity index (χ0n) is 23.2. The number of carbonyl (C=O) groups is 2. The molecule has 3 fully saturated rings. The Morgan fingerprint density at radius 2 is 1.69 bits per heavy atom. The van der Waals surface area contributed by atoms with Crippen molar-refractivity contribution < 1.29 is 14.3 Å². The van der Waals surface area contributed by atoms with Crippen molar-refractivity contribution in [3.8, 4) is 0 Å². The van der Waals surface area contributed by atoms with Crippen LogP contribution in [0.1, 0.15) is 68.4 Å². The van der Waals surface area contributed by atoms with E-state index >= 15 is 0 Å². The van der Waals surface area contributed by atoms with Crippen molar-refractivity contribution in [1.82, 2.24) is 9.80 Å². The van der Waals surface area contributed by atoms with Crippen LogP contribution in [0, 0.1) is 5.92 Å². The molecule has 0 aromatic heterocycles. The van der Waals surface area contributed by atoms with Gasteiger partial charge in [0.05, 0.1) is 17.3 Å². The summed E-state index contributed by atoms with van der Waals surface area (Å²) in [7, 11) is 0. The Bertz CT molecular complexity index is 1230. The van der Waals surface area contributed by atoms with Crippen molar-refractivity contribution in [2.45, 2.75) is 58.1 Å². The molecule has 2 heterocycles. The zero-order valence-corrected chi connectivity index (χ0v) is 24.0. The Kier molecular flexibility index (Phi) is 7.81. The minimum absolute atomic E-state index is 0.0340. The van der Waals surface area contributed by atoms with Crippen LogP contribution in [0.2, 0.25) is 5.02 Å². The van der Waals surface area contributed by atoms with Crippen LogP contribution in [0.3, 0.4) is 0 Å². The van der Waals surface area contributed by atoms with Gasteiger partial charge >= 0.3 is 6.09 Å². The van der Waals surface area contributed by atoms with Crippen LogP contribution in [0.5, 0.6) is 0 Å². The lowest BCUT2D eigenvalue weighted by molar-refractivity contribution is 0.00409. The van der Waals surface area contributed by atoms with E-state index in [4.69, 9.17) is 16.3 Å². The minimum atomic E-state index is -0.592. The fourth-order valence-electron chi connectivity index (χ4n) is 5.37. The van der Waals surface area contributed by atoms with Gasteiger partial charge in [-0.05, 0) is 88.3 Å². The molecule has 1 atom stereocenters.